The van der Waals surface area contributed by atoms with Gasteiger partial charge in [0.25, 0.3) is 0 Å². The van der Waals surface area contributed by atoms with E-state index >= 15 is 0 Å². The van der Waals surface area contributed by atoms with Crippen LogP contribution in [0.1, 0.15) is 33.6 Å². The molecule has 2 N–H and O–H groups in total. The van der Waals surface area contributed by atoms with Crippen molar-refractivity contribution in [2.75, 3.05) is 26.2 Å². The molecule has 0 aromatic heterocycles. The Labute approximate surface area is 93.2 Å². The van der Waals surface area contributed by atoms with Gasteiger partial charge >= 0.3 is 0 Å². The van der Waals surface area contributed by atoms with Crippen molar-refractivity contribution in [1.29, 1.82) is 0 Å². The van der Waals surface area contributed by atoms with Crippen molar-refractivity contribution in [3.8, 4) is 0 Å². The molecule has 0 amide bonds. The maximum Gasteiger partial charge on any atom is 0.0606 e. The molecule has 0 aromatic rings. The third kappa shape index (κ3) is 3.42. The van der Waals surface area contributed by atoms with E-state index in [2.05, 4.69) is 31.0 Å². The second-order valence-electron chi connectivity index (χ2n) is 4.46. The number of hydrogen-bond acceptors (Lipinski definition) is 3. The van der Waals surface area contributed by atoms with Crippen molar-refractivity contribution in [2.24, 2.45) is 5.92 Å². The zero-order valence-electron chi connectivity index (χ0n) is 10.2. The van der Waals surface area contributed by atoms with Crippen molar-refractivity contribution in [3.63, 3.8) is 0 Å². The molecule has 0 aromatic carbocycles. The van der Waals surface area contributed by atoms with E-state index < -0.39 is 0 Å². The van der Waals surface area contributed by atoms with Crippen LogP contribution in [0.2, 0.25) is 0 Å². The van der Waals surface area contributed by atoms with E-state index in [1.54, 1.807) is 0 Å². The molecule has 0 bridgehead atoms. The first-order chi connectivity index (χ1) is 7.19. The molecule has 15 heavy (non-hydrogen) atoms. The van der Waals surface area contributed by atoms with E-state index in [4.69, 9.17) is 5.11 Å². The number of allylic oxidation sites excluding steroid dienone is 2. The smallest absolute Gasteiger partial charge is 0.0606 e. The second kappa shape index (κ2) is 6.01. The lowest BCUT2D eigenvalue weighted by molar-refractivity contribution is 0.224. The molecule has 0 saturated carbocycles. The fraction of sp³-hybridized carbons (Fsp3) is 0.833. The highest BCUT2D eigenvalue weighted by atomic mass is 16.3. The molecular weight excluding hydrogens is 188 g/mol. The van der Waals surface area contributed by atoms with Gasteiger partial charge in [0.2, 0.25) is 0 Å². The molecule has 0 radical (unpaired) electrons. The van der Waals surface area contributed by atoms with Crippen molar-refractivity contribution < 1.29 is 5.11 Å². The number of nitrogens with one attached hydrogen (secondary N) is 1. The number of hydrogen-bond donors (Lipinski definition) is 2. The van der Waals surface area contributed by atoms with Gasteiger partial charge in [-0.1, -0.05) is 13.8 Å². The van der Waals surface area contributed by atoms with Crippen molar-refractivity contribution >= 4 is 0 Å². The molecule has 0 spiro atoms. The van der Waals surface area contributed by atoms with E-state index in [0.717, 1.165) is 38.4 Å². The monoisotopic (exact) mass is 212 g/mol. The van der Waals surface area contributed by atoms with E-state index in [9.17, 15) is 0 Å². The summed E-state index contributed by atoms with van der Waals surface area (Å²) >= 11 is 0. The first kappa shape index (κ1) is 12.4. The zero-order valence-corrected chi connectivity index (χ0v) is 10.2. The highest BCUT2D eigenvalue weighted by Gasteiger charge is 2.18. The minimum absolute atomic E-state index is 0.236. The first-order valence-electron chi connectivity index (χ1n) is 5.98. The van der Waals surface area contributed by atoms with Crippen LogP contribution >= 0.6 is 0 Å². The second-order valence-corrected chi connectivity index (χ2v) is 4.46. The predicted octanol–water partition coefficient (Wildman–Crippen LogP) is 1.55. The Hall–Kier alpha value is -0.700. The Morgan fingerprint density at radius 2 is 2.27 bits per heavy atom. The molecular formula is C12H24N2O. The van der Waals surface area contributed by atoms with Crippen molar-refractivity contribution in [1.82, 2.24) is 10.2 Å². The first-order valence-corrected chi connectivity index (χ1v) is 5.98. The van der Waals surface area contributed by atoms with Crippen LogP contribution in [0.5, 0.6) is 0 Å². The Kier molecular flexibility index (Phi) is 4.95. The minimum Gasteiger partial charge on any atom is -0.395 e. The number of nitrogens with zero attached hydrogens (tertiary/aromatic N) is 1. The molecule has 1 aliphatic rings. The van der Waals surface area contributed by atoms with Crippen LogP contribution in [0.15, 0.2) is 11.4 Å². The summed E-state index contributed by atoms with van der Waals surface area (Å²) in [4.78, 5) is 2.28. The van der Waals surface area contributed by atoms with Gasteiger partial charge in [0, 0.05) is 31.0 Å². The standard InChI is InChI=1S/C12H24N2O/c1-4-5-14(6-7-15)11(3)12-8-10(2)9-13-12/h10,13,15H,4-9H2,1-3H3/b12-11-/t10-/m0/s1. The summed E-state index contributed by atoms with van der Waals surface area (Å²) in [7, 11) is 0. The van der Waals surface area contributed by atoms with E-state index in [1.807, 2.05) is 0 Å². The third-order valence-corrected chi connectivity index (χ3v) is 2.99. The highest BCUT2D eigenvalue weighted by Crippen LogP contribution is 2.21. The highest BCUT2D eigenvalue weighted by molar-refractivity contribution is 5.13. The maximum atomic E-state index is 9.02. The molecule has 88 valence electrons. The average Bonchev–Trinajstić information content (AvgIpc) is 2.63. The van der Waals surface area contributed by atoms with Crippen LogP contribution < -0.4 is 5.32 Å². The van der Waals surface area contributed by atoms with Gasteiger partial charge in [-0.2, -0.15) is 0 Å². The fourth-order valence-corrected chi connectivity index (χ4v) is 2.09. The normalized spacial score (nSPS) is 23.9. The van der Waals surface area contributed by atoms with Gasteiger partial charge in [0.1, 0.15) is 0 Å². The van der Waals surface area contributed by atoms with Gasteiger partial charge in [-0.15, -0.1) is 0 Å². The van der Waals surface area contributed by atoms with Crippen LogP contribution in [0.3, 0.4) is 0 Å². The van der Waals surface area contributed by atoms with E-state index in [1.165, 1.54) is 11.4 Å². The van der Waals surface area contributed by atoms with Gasteiger partial charge < -0.3 is 15.3 Å². The minimum atomic E-state index is 0.236. The summed E-state index contributed by atoms with van der Waals surface area (Å²) in [5.74, 6) is 0.743. The molecule has 0 unspecified atom stereocenters. The van der Waals surface area contributed by atoms with Crippen LogP contribution in [0.25, 0.3) is 0 Å². The summed E-state index contributed by atoms with van der Waals surface area (Å²) in [6.07, 6.45) is 2.28. The van der Waals surface area contributed by atoms with Crippen LogP contribution in [0.4, 0.5) is 0 Å². The van der Waals surface area contributed by atoms with E-state index in [-0.39, 0.29) is 6.61 Å². The molecule has 3 heteroatoms. The Balaban J connectivity index is 2.64. The molecule has 3 nitrogen and oxygen atoms in total. The average molecular weight is 212 g/mol. The van der Waals surface area contributed by atoms with E-state index in [0.29, 0.717) is 0 Å². The van der Waals surface area contributed by atoms with Gasteiger partial charge in [-0.25, -0.2) is 0 Å². The number of rotatable bonds is 5. The molecule has 1 atom stereocenters. The Morgan fingerprint density at radius 1 is 1.53 bits per heavy atom. The topological polar surface area (TPSA) is 35.5 Å². The number of aliphatic hydroxyl groups excluding tert-OH is 1. The summed E-state index contributed by atoms with van der Waals surface area (Å²) < 4.78 is 0. The molecule has 1 fully saturated rings. The quantitative estimate of drug-likeness (QED) is 0.726. The maximum absolute atomic E-state index is 9.02. The lowest BCUT2D eigenvalue weighted by Gasteiger charge is -2.25. The zero-order chi connectivity index (χ0) is 11.3. The van der Waals surface area contributed by atoms with Gasteiger partial charge in [0.05, 0.1) is 6.61 Å². The molecule has 1 aliphatic heterocycles. The summed E-state index contributed by atoms with van der Waals surface area (Å²) in [5, 5.41) is 12.5. The summed E-state index contributed by atoms with van der Waals surface area (Å²) in [6.45, 7) is 9.71. The van der Waals surface area contributed by atoms with Gasteiger partial charge in [0.15, 0.2) is 0 Å². The number of aliphatic hydroxyl groups is 1. The predicted molar refractivity (Wildman–Crippen MR) is 63.4 cm³/mol. The van der Waals surface area contributed by atoms with Crippen molar-refractivity contribution in [2.45, 2.75) is 33.6 Å². The molecule has 0 aliphatic carbocycles. The largest absolute Gasteiger partial charge is 0.395 e. The van der Waals surface area contributed by atoms with Crippen LogP contribution in [-0.2, 0) is 0 Å². The summed E-state index contributed by atoms with van der Waals surface area (Å²) in [6, 6.07) is 0. The molecule has 1 saturated heterocycles. The lowest BCUT2D eigenvalue weighted by atomic mass is 10.1. The van der Waals surface area contributed by atoms with Crippen molar-refractivity contribution in [3.05, 3.63) is 11.4 Å². The van der Waals surface area contributed by atoms with Crippen LogP contribution in [-0.4, -0.2) is 36.2 Å². The SMILES string of the molecule is CCCN(CCO)/C(C)=C1/C[C@H](C)CN1. The Bertz CT molecular complexity index is 220. The Morgan fingerprint density at radius 3 is 2.73 bits per heavy atom. The summed E-state index contributed by atoms with van der Waals surface area (Å²) in [5.41, 5.74) is 2.68. The molecule has 1 rings (SSSR count). The lowest BCUT2D eigenvalue weighted by Crippen LogP contribution is -2.28. The van der Waals surface area contributed by atoms with Crippen LogP contribution in [0, 0.1) is 5.92 Å². The van der Waals surface area contributed by atoms with Gasteiger partial charge in [-0.3, -0.25) is 0 Å². The third-order valence-electron chi connectivity index (χ3n) is 2.99. The van der Waals surface area contributed by atoms with Gasteiger partial charge in [-0.05, 0) is 25.7 Å². The fourth-order valence-electron chi connectivity index (χ4n) is 2.09. The molecule has 1 heterocycles.